The summed E-state index contributed by atoms with van der Waals surface area (Å²) < 4.78 is 26.3. The van der Waals surface area contributed by atoms with E-state index in [2.05, 4.69) is 0 Å². The van der Waals surface area contributed by atoms with Crippen LogP contribution in [-0.2, 0) is 10.0 Å². The number of halogens is 1. The van der Waals surface area contributed by atoms with Gasteiger partial charge in [-0.25, -0.2) is 8.42 Å². The minimum Gasteiger partial charge on any atom is -0.508 e. The Balaban J connectivity index is 2.51. The molecule has 0 atom stereocenters. The van der Waals surface area contributed by atoms with E-state index >= 15 is 0 Å². The summed E-state index contributed by atoms with van der Waals surface area (Å²) in [6, 6.07) is 8.69. The van der Waals surface area contributed by atoms with Crippen LogP contribution in [0.5, 0.6) is 5.75 Å². The quantitative estimate of drug-likeness (QED) is 0.849. The molecule has 2 aromatic rings. The van der Waals surface area contributed by atoms with Gasteiger partial charge in [-0.05, 0) is 48.9 Å². The molecule has 0 amide bonds. The fourth-order valence-electron chi connectivity index (χ4n) is 1.82. The van der Waals surface area contributed by atoms with E-state index in [4.69, 9.17) is 17.3 Å². The number of nitrogen functional groups attached to an aromatic ring is 1. The Kier molecular flexibility index (Phi) is 4.02. The molecule has 0 saturated carbocycles. The number of benzene rings is 2. The largest absolute Gasteiger partial charge is 0.508 e. The summed E-state index contributed by atoms with van der Waals surface area (Å²) in [7, 11) is -2.42. The predicted octanol–water partition coefficient (Wildman–Crippen LogP) is 2.76. The number of phenolic OH excluding ortho intramolecular Hbond substituents is 1. The monoisotopic (exact) mass is 326 g/mol. The van der Waals surface area contributed by atoms with Gasteiger partial charge in [-0.2, -0.15) is 0 Å². The first-order valence-electron chi connectivity index (χ1n) is 6.07. The second kappa shape index (κ2) is 5.46. The number of hydrogen-bond donors (Lipinski definition) is 2. The van der Waals surface area contributed by atoms with Gasteiger partial charge in [0.2, 0.25) is 0 Å². The van der Waals surface area contributed by atoms with Crippen LogP contribution in [0.25, 0.3) is 0 Å². The Morgan fingerprint density at radius 1 is 1.19 bits per heavy atom. The maximum absolute atomic E-state index is 12.6. The van der Waals surface area contributed by atoms with Crippen molar-refractivity contribution < 1.29 is 13.5 Å². The average molecular weight is 327 g/mol. The standard InChI is InChI=1S/C14H15ClN2O3S/c1-9-7-12(15)14(8-13(9)16)21(19,20)17(2)10-3-5-11(18)6-4-10/h3-8,18H,16H2,1-2H3. The smallest absolute Gasteiger partial charge is 0.265 e. The second-order valence-corrected chi connectivity index (χ2v) is 6.97. The van der Waals surface area contributed by atoms with E-state index in [0.717, 1.165) is 4.31 Å². The second-order valence-electron chi connectivity index (χ2n) is 4.63. The Bertz CT molecular complexity index is 774. The van der Waals surface area contributed by atoms with Crippen molar-refractivity contribution in [2.75, 3.05) is 17.1 Å². The maximum atomic E-state index is 12.6. The molecule has 0 aliphatic heterocycles. The fraction of sp³-hybridized carbons (Fsp3) is 0.143. The van der Waals surface area contributed by atoms with Crippen molar-refractivity contribution in [2.24, 2.45) is 0 Å². The lowest BCUT2D eigenvalue weighted by molar-refractivity contribution is 0.475. The van der Waals surface area contributed by atoms with Crippen LogP contribution in [0.2, 0.25) is 5.02 Å². The molecule has 3 N–H and O–H groups in total. The number of phenols is 1. The van der Waals surface area contributed by atoms with E-state index in [-0.39, 0.29) is 15.7 Å². The number of aryl methyl sites for hydroxylation is 1. The molecule has 0 spiro atoms. The van der Waals surface area contributed by atoms with Crippen LogP contribution >= 0.6 is 11.6 Å². The number of aromatic hydroxyl groups is 1. The highest BCUT2D eigenvalue weighted by Gasteiger charge is 2.25. The summed E-state index contributed by atoms with van der Waals surface area (Å²) in [6.45, 7) is 1.75. The van der Waals surface area contributed by atoms with Crippen molar-refractivity contribution in [1.82, 2.24) is 0 Å². The normalized spacial score (nSPS) is 11.4. The van der Waals surface area contributed by atoms with Gasteiger partial charge < -0.3 is 10.8 Å². The van der Waals surface area contributed by atoms with Crippen LogP contribution in [0.4, 0.5) is 11.4 Å². The molecule has 0 aliphatic carbocycles. The van der Waals surface area contributed by atoms with E-state index < -0.39 is 10.0 Å². The summed E-state index contributed by atoms with van der Waals surface area (Å²) in [4.78, 5) is -0.0529. The van der Waals surface area contributed by atoms with Gasteiger partial charge in [-0.1, -0.05) is 11.6 Å². The van der Waals surface area contributed by atoms with Crippen molar-refractivity contribution in [3.05, 3.63) is 47.0 Å². The Morgan fingerprint density at radius 3 is 2.33 bits per heavy atom. The van der Waals surface area contributed by atoms with E-state index in [1.54, 1.807) is 6.92 Å². The van der Waals surface area contributed by atoms with Gasteiger partial charge in [-0.3, -0.25) is 4.31 Å². The predicted molar refractivity (Wildman–Crippen MR) is 84.3 cm³/mol. The lowest BCUT2D eigenvalue weighted by atomic mass is 10.2. The third-order valence-electron chi connectivity index (χ3n) is 3.17. The summed E-state index contributed by atoms with van der Waals surface area (Å²) >= 11 is 6.04. The number of nitrogens with two attached hydrogens (primary N) is 1. The highest BCUT2D eigenvalue weighted by atomic mass is 35.5. The van der Waals surface area contributed by atoms with Crippen LogP contribution in [0, 0.1) is 6.92 Å². The van der Waals surface area contributed by atoms with E-state index in [9.17, 15) is 13.5 Å². The zero-order chi connectivity index (χ0) is 15.8. The molecule has 2 aromatic carbocycles. The third kappa shape index (κ3) is 2.91. The highest BCUT2D eigenvalue weighted by molar-refractivity contribution is 7.93. The number of anilines is 2. The van der Waals surface area contributed by atoms with Crippen molar-refractivity contribution in [1.29, 1.82) is 0 Å². The molecule has 112 valence electrons. The molecule has 5 nitrogen and oxygen atoms in total. The molecule has 0 fully saturated rings. The van der Waals surface area contributed by atoms with Crippen LogP contribution in [0.3, 0.4) is 0 Å². The van der Waals surface area contributed by atoms with Crippen LogP contribution in [-0.4, -0.2) is 20.6 Å². The van der Waals surface area contributed by atoms with Crippen molar-refractivity contribution in [3.8, 4) is 5.75 Å². The van der Waals surface area contributed by atoms with E-state index in [1.807, 2.05) is 0 Å². The van der Waals surface area contributed by atoms with Gasteiger partial charge in [0.05, 0.1) is 10.7 Å². The minimum absolute atomic E-state index is 0.0529. The Morgan fingerprint density at radius 2 is 1.76 bits per heavy atom. The molecule has 0 saturated heterocycles. The molecule has 21 heavy (non-hydrogen) atoms. The summed E-state index contributed by atoms with van der Waals surface area (Å²) in [6.07, 6.45) is 0. The molecular weight excluding hydrogens is 312 g/mol. The molecule has 2 rings (SSSR count). The molecule has 0 unspecified atom stereocenters. The van der Waals surface area contributed by atoms with Crippen LogP contribution in [0.1, 0.15) is 5.56 Å². The highest BCUT2D eigenvalue weighted by Crippen LogP contribution is 2.31. The first-order valence-corrected chi connectivity index (χ1v) is 7.89. The molecule has 7 heteroatoms. The molecule has 0 heterocycles. The van der Waals surface area contributed by atoms with Gasteiger partial charge in [0, 0.05) is 12.7 Å². The zero-order valence-corrected chi connectivity index (χ0v) is 13.1. The van der Waals surface area contributed by atoms with Gasteiger partial charge in [0.15, 0.2) is 0 Å². The van der Waals surface area contributed by atoms with Crippen LogP contribution in [0.15, 0.2) is 41.3 Å². The molecule has 0 bridgehead atoms. The van der Waals surface area contributed by atoms with E-state index in [1.165, 1.54) is 43.4 Å². The number of sulfonamides is 1. The Hall–Kier alpha value is -1.92. The molecule has 0 radical (unpaired) electrons. The topological polar surface area (TPSA) is 83.6 Å². The lowest BCUT2D eigenvalue weighted by Crippen LogP contribution is -2.26. The van der Waals surface area contributed by atoms with Gasteiger partial charge in [-0.15, -0.1) is 0 Å². The molecule has 0 aromatic heterocycles. The SMILES string of the molecule is Cc1cc(Cl)c(S(=O)(=O)N(C)c2ccc(O)cc2)cc1N. The number of nitrogens with zero attached hydrogens (tertiary/aromatic N) is 1. The summed E-state index contributed by atoms with van der Waals surface area (Å²) in [5.41, 5.74) is 7.25. The number of rotatable bonds is 3. The zero-order valence-electron chi connectivity index (χ0n) is 11.5. The lowest BCUT2D eigenvalue weighted by Gasteiger charge is -2.20. The Labute approximate surface area is 128 Å². The van der Waals surface area contributed by atoms with E-state index in [0.29, 0.717) is 16.9 Å². The van der Waals surface area contributed by atoms with Crippen LogP contribution < -0.4 is 10.0 Å². The number of hydrogen-bond acceptors (Lipinski definition) is 4. The van der Waals surface area contributed by atoms with Gasteiger partial charge in [0.25, 0.3) is 10.0 Å². The summed E-state index contributed by atoms with van der Waals surface area (Å²) in [5, 5.41) is 9.38. The average Bonchev–Trinajstić information content (AvgIpc) is 2.42. The maximum Gasteiger partial charge on any atom is 0.265 e. The fourth-order valence-corrected chi connectivity index (χ4v) is 3.60. The molecular formula is C14H15ClN2O3S. The third-order valence-corrected chi connectivity index (χ3v) is 5.42. The molecule has 0 aliphatic rings. The van der Waals surface area contributed by atoms with Gasteiger partial charge in [0.1, 0.15) is 10.6 Å². The van der Waals surface area contributed by atoms with Crippen molar-refractivity contribution >= 4 is 33.0 Å². The van der Waals surface area contributed by atoms with Crippen molar-refractivity contribution in [3.63, 3.8) is 0 Å². The first kappa shape index (κ1) is 15.5. The first-order chi connectivity index (χ1) is 9.73. The summed E-state index contributed by atoms with van der Waals surface area (Å²) in [5.74, 6) is 0.0576. The van der Waals surface area contributed by atoms with Crippen molar-refractivity contribution in [2.45, 2.75) is 11.8 Å². The minimum atomic E-state index is -3.84. The van der Waals surface area contributed by atoms with Gasteiger partial charge >= 0.3 is 0 Å².